The zero-order chi connectivity index (χ0) is 23.4. The van der Waals surface area contributed by atoms with Crippen LogP contribution in [-0.4, -0.2) is 51.3 Å². The molecule has 0 radical (unpaired) electrons. The number of para-hydroxylation sites is 1. The Balaban J connectivity index is 1.66. The minimum absolute atomic E-state index is 0.148. The Hall–Kier alpha value is -3.52. The molecule has 0 spiro atoms. The van der Waals surface area contributed by atoms with Crippen molar-refractivity contribution in [3.05, 3.63) is 76.5 Å². The Labute approximate surface area is 191 Å². The van der Waals surface area contributed by atoms with E-state index in [1.165, 1.54) is 16.8 Å². The van der Waals surface area contributed by atoms with E-state index in [-0.39, 0.29) is 23.8 Å². The molecule has 1 amide bonds. The fraction of sp³-hybridized carbons (Fsp3) is 0.320. The number of benzene rings is 2. The van der Waals surface area contributed by atoms with E-state index in [0.29, 0.717) is 18.6 Å². The Bertz CT molecular complexity index is 1320. The van der Waals surface area contributed by atoms with Crippen LogP contribution in [0.4, 0.5) is 4.39 Å². The van der Waals surface area contributed by atoms with Gasteiger partial charge in [-0.2, -0.15) is 5.10 Å². The summed E-state index contributed by atoms with van der Waals surface area (Å²) in [5, 5.41) is 8.79. The van der Waals surface area contributed by atoms with Crippen molar-refractivity contribution >= 4 is 27.7 Å². The molecule has 33 heavy (non-hydrogen) atoms. The van der Waals surface area contributed by atoms with Crippen LogP contribution in [0.15, 0.2) is 59.5 Å². The lowest BCUT2D eigenvalue weighted by atomic mass is 10.2. The molecule has 0 bridgehead atoms. The maximum Gasteiger partial charge on any atom is 0.291 e. The molecule has 0 unspecified atom stereocenters. The Morgan fingerprint density at radius 3 is 2.52 bits per heavy atom. The van der Waals surface area contributed by atoms with Crippen molar-refractivity contribution in [3.8, 4) is 0 Å². The number of halogens is 1. The highest BCUT2D eigenvalue weighted by atomic mass is 19.1. The van der Waals surface area contributed by atoms with Gasteiger partial charge in [0, 0.05) is 35.9 Å². The van der Waals surface area contributed by atoms with Gasteiger partial charge in [0.1, 0.15) is 17.9 Å². The normalized spacial score (nSPS) is 11.5. The van der Waals surface area contributed by atoms with Gasteiger partial charge in [-0.3, -0.25) is 9.59 Å². The zero-order valence-electron chi connectivity index (χ0n) is 18.9. The van der Waals surface area contributed by atoms with Gasteiger partial charge in [0.25, 0.3) is 5.56 Å². The molecule has 0 saturated heterocycles. The molecule has 2 heterocycles. The molecule has 7 nitrogen and oxygen atoms in total. The molecule has 0 aliphatic rings. The van der Waals surface area contributed by atoms with Crippen molar-refractivity contribution in [1.29, 1.82) is 0 Å². The fourth-order valence-electron chi connectivity index (χ4n) is 4.13. The summed E-state index contributed by atoms with van der Waals surface area (Å²) in [6, 6.07) is 14.0. The van der Waals surface area contributed by atoms with Crippen LogP contribution in [0, 0.1) is 5.82 Å². The van der Waals surface area contributed by atoms with Gasteiger partial charge in [0.2, 0.25) is 5.91 Å². The minimum atomic E-state index is -0.329. The second-order valence-electron chi connectivity index (χ2n) is 7.98. The van der Waals surface area contributed by atoms with Crippen LogP contribution in [0.25, 0.3) is 21.8 Å². The molecule has 0 atom stereocenters. The molecule has 1 N–H and O–H groups in total. The third-order valence-corrected chi connectivity index (χ3v) is 5.97. The van der Waals surface area contributed by atoms with Gasteiger partial charge in [-0.05, 0) is 36.9 Å². The van der Waals surface area contributed by atoms with Crippen molar-refractivity contribution in [3.63, 3.8) is 0 Å². The summed E-state index contributed by atoms with van der Waals surface area (Å²) in [5.41, 5.74) is 1.91. The predicted molar refractivity (Wildman–Crippen MR) is 128 cm³/mol. The highest BCUT2D eigenvalue weighted by Crippen LogP contribution is 2.27. The number of likely N-dealkylation sites (N-methyl/N-ethyl adjacent to an activating group) is 1. The monoisotopic (exact) mass is 449 g/mol. The summed E-state index contributed by atoms with van der Waals surface area (Å²) >= 11 is 0. The predicted octanol–water partition coefficient (Wildman–Crippen LogP) is 3.00. The largest absolute Gasteiger partial charge is 0.353 e. The highest BCUT2D eigenvalue weighted by Gasteiger charge is 2.17. The number of nitrogens with one attached hydrogen (secondary N) is 1. The Morgan fingerprint density at radius 1 is 1.06 bits per heavy atom. The summed E-state index contributed by atoms with van der Waals surface area (Å²) in [6.45, 7) is 7.52. The van der Waals surface area contributed by atoms with Gasteiger partial charge in [-0.15, -0.1) is 0 Å². The van der Waals surface area contributed by atoms with E-state index in [1.54, 1.807) is 18.3 Å². The first-order valence-corrected chi connectivity index (χ1v) is 11.2. The smallest absolute Gasteiger partial charge is 0.291 e. The standard InChI is InChI=1S/C25H28FN5O2/c1-3-29(4-2)14-13-27-23(32)17-31-25(33)24-21(15-28-31)20-7-5-6-8-22(20)30(24)16-18-9-11-19(26)12-10-18/h5-12,15H,3-4,13-14,16-17H2,1-2H3,(H,27,32). The first kappa shape index (κ1) is 22.7. The number of aromatic nitrogens is 3. The van der Waals surface area contributed by atoms with Crippen LogP contribution < -0.4 is 10.9 Å². The number of amides is 1. The van der Waals surface area contributed by atoms with E-state index in [2.05, 4.69) is 29.2 Å². The molecule has 0 saturated carbocycles. The Kier molecular flexibility index (Phi) is 6.84. The average Bonchev–Trinajstić information content (AvgIpc) is 3.14. The fourth-order valence-corrected chi connectivity index (χ4v) is 4.13. The van der Waals surface area contributed by atoms with Crippen molar-refractivity contribution in [2.75, 3.05) is 26.2 Å². The number of carbonyl (C=O) groups excluding carboxylic acids is 1. The number of carbonyl (C=O) groups is 1. The van der Waals surface area contributed by atoms with E-state index < -0.39 is 0 Å². The van der Waals surface area contributed by atoms with Crippen LogP contribution in [0.2, 0.25) is 0 Å². The van der Waals surface area contributed by atoms with Crippen LogP contribution >= 0.6 is 0 Å². The molecule has 0 aliphatic heterocycles. The zero-order valence-corrected chi connectivity index (χ0v) is 18.9. The average molecular weight is 450 g/mol. The van der Waals surface area contributed by atoms with Gasteiger partial charge >= 0.3 is 0 Å². The summed E-state index contributed by atoms with van der Waals surface area (Å²) in [5.74, 6) is -0.558. The van der Waals surface area contributed by atoms with E-state index in [1.807, 2.05) is 28.8 Å². The van der Waals surface area contributed by atoms with E-state index in [4.69, 9.17) is 0 Å². The van der Waals surface area contributed by atoms with Crippen LogP contribution in [0.3, 0.4) is 0 Å². The molecule has 0 aliphatic carbocycles. The summed E-state index contributed by atoms with van der Waals surface area (Å²) < 4.78 is 16.5. The summed E-state index contributed by atoms with van der Waals surface area (Å²) in [4.78, 5) is 28.1. The lowest BCUT2D eigenvalue weighted by molar-refractivity contribution is -0.121. The SMILES string of the molecule is CCN(CC)CCNC(=O)Cn1ncc2c3ccccc3n(Cc3ccc(F)cc3)c2c1=O. The third-order valence-electron chi connectivity index (χ3n) is 5.97. The lowest BCUT2D eigenvalue weighted by Crippen LogP contribution is -2.38. The summed E-state index contributed by atoms with van der Waals surface area (Å²) in [7, 11) is 0. The topological polar surface area (TPSA) is 72.2 Å². The number of rotatable bonds is 9. The number of fused-ring (bicyclic) bond motifs is 3. The van der Waals surface area contributed by atoms with Crippen molar-refractivity contribution in [1.82, 2.24) is 24.6 Å². The molecule has 4 rings (SSSR count). The second-order valence-corrected chi connectivity index (χ2v) is 7.98. The van der Waals surface area contributed by atoms with Gasteiger partial charge < -0.3 is 14.8 Å². The molecule has 0 fully saturated rings. The number of hydrogen-bond acceptors (Lipinski definition) is 4. The van der Waals surface area contributed by atoms with Crippen molar-refractivity contribution in [2.24, 2.45) is 0 Å². The molecular formula is C25H28FN5O2. The lowest BCUT2D eigenvalue weighted by Gasteiger charge is -2.18. The van der Waals surface area contributed by atoms with Gasteiger partial charge in [-0.25, -0.2) is 9.07 Å². The van der Waals surface area contributed by atoms with Gasteiger partial charge in [-0.1, -0.05) is 44.2 Å². The van der Waals surface area contributed by atoms with Gasteiger partial charge in [0.15, 0.2) is 0 Å². The maximum absolute atomic E-state index is 13.4. The molecule has 2 aromatic carbocycles. The summed E-state index contributed by atoms with van der Waals surface area (Å²) in [6.07, 6.45) is 1.64. The van der Waals surface area contributed by atoms with Crippen molar-refractivity contribution in [2.45, 2.75) is 26.9 Å². The molecular weight excluding hydrogens is 421 g/mol. The van der Waals surface area contributed by atoms with E-state index in [0.717, 1.165) is 41.5 Å². The van der Waals surface area contributed by atoms with Crippen LogP contribution in [-0.2, 0) is 17.9 Å². The first-order chi connectivity index (χ1) is 16.0. The van der Waals surface area contributed by atoms with Gasteiger partial charge in [0.05, 0.1) is 6.20 Å². The van der Waals surface area contributed by atoms with Crippen LogP contribution in [0.5, 0.6) is 0 Å². The number of hydrogen-bond donors (Lipinski definition) is 1. The molecule has 172 valence electrons. The highest BCUT2D eigenvalue weighted by molar-refractivity contribution is 6.07. The first-order valence-electron chi connectivity index (χ1n) is 11.2. The third kappa shape index (κ3) is 4.80. The Morgan fingerprint density at radius 2 is 1.79 bits per heavy atom. The minimum Gasteiger partial charge on any atom is -0.353 e. The number of nitrogens with zero attached hydrogens (tertiary/aromatic N) is 4. The molecule has 2 aromatic heterocycles. The van der Waals surface area contributed by atoms with Crippen LogP contribution in [0.1, 0.15) is 19.4 Å². The molecule has 8 heteroatoms. The van der Waals surface area contributed by atoms with E-state index in [9.17, 15) is 14.0 Å². The molecule has 4 aromatic rings. The van der Waals surface area contributed by atoms with E-state index >= 15 is 0 Å². The van der Waals surface area contributed by atoms with Crippen molar-refractivity contribution < 1.29 is 9.18 Å². The maximum atomic E-state index is 13.4. The second kappa shape index (κ2) is 9.95. The quantitative estimate of drug-likeness (QED) is 0.426.